The van der Waals surface area contributed by atoms with Crippen molar-refractivity contribution in [2.75, 3.05) is 0 Å². The van der Waals surface area contributed by atoms with Gasteiger partial charge in [-0.1, -0.05) is 18.2 Å². The van der Waals surface area contributed by atoms with Gasteiger partial charge < -0.3 is 15.6 Å². The largest absolute Gasteiger partial charge is 0.446 e. The highest BCUT2D eigenvalue weighted by Crippen LogP contribution is 2.19. The SMILES string of the molecule is Cc1nc(CCc2c[nH]c3ccccc23)oc1C.Cl.N. The van der Waals surface area contributed by atoms with Gasteiger partial charge in [-0.25, -0.2) is 4.98 Å². The van der Waals surface area contributed by atoms with E-state index in [9.17, 15) is 0 Å². The fourth-order valence-corrected chi connectivity index (χ4v) is 2.23. The average molecular weight is 294 g/mol. The molecule has 108 valence electrons. The van der Waals surface area contributed by atoms with Crippen LogP contribution in [0.2, 0.25) is 0 Å². The van der Waals surface area contributed by atoms with Gasteiger partial charge in [0.15, 0.2) is 5.89 Å². The monoisotopic (exact) mass is 293 g/mol. The van der Waals surface area contributed by atoms with E-state index >= 15 is 0 Å². The standard InChI is InChI=1S/C15H16N2O.ClH.H3N/c1-10-11(2)18-15(17-10)8-7-12-9-16-14-6-4-3-5-13(12)14;;/h3-6,9,16H,7-8H2,1-2H3;1H;1H3. The van der Waals surface area contributed by atoms with Crippen molar-refractivity contribution in [1.82, 2.24) is 16.1 Å². The lowest BCUT2D eigenvalue weighted by Gasteiger charge is -1.96. The first-order valence-electron chi connectivity index (χ1n) is 6.22. The second-order valence-corrected chi connectivity index (χ2v) is 4.61. The minimum Gasteiger partial charge on any atom is -0.446 e. The highest BCUT2D eigenvalue weighted by atomic mass is 35.5. The molecule has 0 unspecified atom stereocenters. The Balaban J connectivity index is 0.000001000. The molecular formula is C15H20ClN3O. The maximum atomic E-state index is 5.60. The third-order valence-electron chi connectivity index (χ3n) is 3.36. The minimum absolute atomic E-state index is 0. The quantitative estimate of drug-likeness (QED) is 0.762. The second-order valence-electron chi connectivity index (χ2n) is 4.61. The van der Waals surface area contributed by atoms with Gasteiger partial charge in [0.05, 0.1) is 5.69 Å². The maximum Gasteiger partial charge on any atom is 0.194 e. The molecule has 1 aromatic carbocycles. The summed E-state index contributed by atoms with van der Waals surface area (Å²) in [5.74, 6) is 1.75. The van der Waals surface area contributed by atoms with Crippen LogP contribution in [0.25, 0.3) is 10.9 Å². The van der Waals surface area contributed by atoms with E-state index in [0.717, 1.165) is 30.2 Å². The molecule has 0 spiro atoms. The zero-order chi connectivity index (χ0) is 12.5. The number of para-hydroxylation sites is 1. The number of nitrogens with zero attached hydrogens (tertiary/aromatic N) is 1. The molecule has 4 nitrogen and oxygen atoms in total. The Morgan fingerprint density at radius 1 is 1.15 bits per heavy atom. The summed E-state index contributed by atoms with van der Waals surface area (Å²) in [6.07, 6.45) is 3.87. The lowest BCUT2D eigenvalue weighted by molar-refractivity contribution is 0.470. The number of rotatable bonds is 3. The van der Waals surface area contributed by atoms with Crippen LogP contribution in [-0.2, 0) is 12.8 Å². The molecular weight excluding hydrogens is 274 g/mol. The first kappa shape index (κ1) is 16.3. The molecule has 0 aliphatic heterocycles. The first-order valence-corrected chi connectivity index (χ1v) is 6.22. The molecule has 5 heteroatoms. The van der Waals surface area contributed by atoms with Crippen LogP contribution in [0.5, 0.6) is 0 Å². The van der Waals surface area contributed by atoms with E-state index in [0.29, 0.717) is 0 Å². The van der Waals surface area contributed by atoms with Gasteiger partial charge in [-0.15, -0.1) is 12.4 Å². The number of fused-ring (bicyclic) bond motifs is 1. The van der Waals surface area contributed by atoms with Crippen LogP contribution < -0.4 is 6.15 Å². The molecule has 0 radical (unpaired) electrons. The summed E-state index contributed by atoms with van der Waals surface area (Å²) in [6, 6.07) is 8.36. The molecule has 2 aromatic heterocycles. The van der Waals surface area contributed by atoms with Crippen LogP contribution in [0.15, 0.2) is 34.9 Å². The summed E-state index contributed by atoms with van der Waals surface area (Å²) in [7, 11) is 0. The van der Waals surface area contributed by atoms with Crippen LogP contribution in [0, 0.1) is 13.8 Å². The summed E-state index contributed by atoms with van der Waals surface area (Å²) in [6.45, 7) is 3.94. The van der Waals surface area contributed by atoms with Gasteiger partial charge in [0, 0.05) is 23.5 Å². The number of hydrogen-bond donors (Lipinski definition) is 2. The van der Waals surface area contributed by atoms with Crippen molar-refractivity contribution in [1.29, 1.82) is 0 Å². The van der Waals surface area contributed by atoms with Gasteiger partial charge in [-0.2, -0.15) is 0 Å². The van der Waals surface area contributed by atoms with Crippen LogP contribution >= 0.6 is 12.4 Å². The van der Waals surface area contributed by atoms with Gasteiger partial charge >= 0.3 is 0 Å². The topological polar surface area (TPSA) is 76.8 Å². The van der Waals surface area contributed by atoms with Crippen molar-refractivity contribution in [2.24, 2.45) is 0 Å². The van der Waals surface area contributed by atoms with Crippen molar-refractivity contribution in [3.05, 3.63) is 53.4 Å². The van der Waals surface area contributed by atoms with Gasteiger partial charge in [0.1, 0.15) is 5.76 Å². The molecule has 20 heavy (non-hydrogen) atoms. The van der Waals surface area contributed by atoms with Crippen LogP contribution in [0.4, 0.5) is 0 Å². The lowest BCUT2D eigenvalue weighted by Crippen LogP contribution is -1.90. The molecule has 0 aliphatic rings. The fraction of sp³-hybridized carbons (Fsp3) is 0.267. The molecule has 0 saturated carbocycles. The van der Waals surface area contributed by atoms with Crippen molar-refractivity contribution in [3.8, 4) is 0 Å². The molecule has 0 saturated heterocycles. The number of benzene rings is 1. The Bertz CT molecular complexity index is 668. The molecule has 2 heterocycles. The molecule has 0 fully saturated rings. The number of halogens is 1. The smallest absolute Gasteiger partial charge is 0.194 e. The van der Waals surface area contributed by atoms with Crippen molar-refractivity contribution < 1.29 is 4.42 Å². The Morgan fingerprint density at radius 3 is 2.60 bits per heavy atom. The third-order valence-corrected chi connectivity index (χ3v) is 3.36. The normalized spacial score (nSPS) is 10.1. The van der Waals surface area contributed by atoms with E-state index in [1.807, 2.05) is 19.9 Å². The fourth-order valence-electron chi connectivity index (χ4n) is 2.23. The zero-order valence-electron chi connectivity index (χ0n) is 11.8. The Kier molecular flexibility index (Phi) is 5.36. The molecule has 0 aliphatic carbocycles. The van der Waals surface area contributed by atoms with Gasteiger partial charge in [-0.05, 0) is 31.9 Å². The number of aryl methyl sites for hydroxylation is 4. The van der Waals surface area contributed by atoms with Crippen molar-refractivity contribution >= 4 is 23.3 Å². The van der Waals surface area contributed by atoms with Gasteiger partial charge in [-0.3, -0.25) is 0 Å². The van der Waals surface area contributed by atoms with Crippen LogP contribution in [-0.4, -0.2) is 9.97 Å². The number of aromatic nitrogens is 2. The average Bonchev–Trinajstić information content (AvgIpc) is 2.92. The van der Waals surface area contributed by atoms with Crippen LogP contribution in [0.1, 0.15) is 22.9 Å². The third kappa shape index (κ3) is 3.03. The first-order chi connectivity index (χ1) is 8.74. The van der Waals surface area contributed by atoms with Gasteiger partial charge in [0.2, 0.25) is 0 Å². The number of nitrogens with one attached hydrogen (secondary N) is 1. The summed E-state index contributed by atoms with van der Waals surface area (Å²) in [4.78, 5) is 7.70. The zero-order valence-corrected chi connectivity index (χ0v) is 12.6. The summed E-state index contributed by atoms with van der Waals surface area (Å²) in [5.41, 5.74) is 3.50. The Hall–Kier alpha value is -1.78. The summed E-state index contributed by atoms with van der Waals surface area (Å²) < 4.78 is 5.60. The van der Waals surface area contributed by atoms with E-state index < -0.39 is 0 Å². The van der Waals surface area contributed by atoms with E-state index in [2.05, 4.69) is 34.4 Å². The molecule has 3 rings (SSSR count). The minimum atomic E-state index is 0. The molecule has 4 N–H and O–H groups in total. The van der Waals surface area contributed by atoms with Gasteiger partial charge in [0.25, 0.3) is 0 Å². The predicted octanol–water partition coefficient (Wildman–Crippen LogP) is 4.14. The van der Waals surface area contributed by atoms with Crippen molar-refractivity contribution in [2.45, 2.75) is 26.7 Å². The van der Waals surface area contributed by atoms with Crippen LogP contribution in [0.3, 0.4) is 0 Å². The van der Waals surface area contributed by atoms with E-state index in [-0.39, 0.29) is 18.6 Å². The number of oxazole rings is 1. The molecule has 0 bridgehead atoms. The van der Waals surface area contributed by atoms with E-state index in [1.54, 1.807) is 0 Å². The number of aromatic amines is 1. The van der Waals surface area contributed by atoms with Crippen molar-refractivity contribution in [3.63, 3.8) is 0 Å². The predicted molar refractivity (Wildman–Crippen MR) is 84.0 cm³/mol. The Morgan fingerprint density at radius 2 is 1.90 bits per heavy atom. The molecule has 3 aromatic rings. The number of H-pyrrole nitrogens is 1. The van der Waals surface area contributed by atoms with E-state index in [1.165, 1.54) is 16.5 Å². The number of hydrogen-bond acceptors (Lipinski definition) is 3. The maximum absolute atomic E-state index is 5.60. The summed E-state index contributed by atoms with van der Waals surface area (Å²) in [5, 5.41) is 1.29. The Labute approximate surface area is 124 Å². The lowest BCUT2D eigenvalue weighted by atomic mass is 10.1. The highest BCUT2D eigenvalue weighted by molar-refractivity contribution is 5.85. The van der Waals surface area contributed by atoms with E-state index in [4.69, 9.17) is 4.42 Å². The second kappa shape index (κ2) is 6.59. The molecule has 0 amide bonds. The summed E-state index contributed by atoms with van der Waals surface area (Å²) >= 11 is 0. The molecule has 0 atom stereocenters. The highest BCUT2D eigenvalue weighted by Gasteiger charge is 2.08.